The van der Waals surface area contributed by atoms with Crippen LogP contribution in [-0.2, 0) is 4.79 Å². The number of carbonyl (C=O) groups excluding carboxylic acids is 1. The summed E-state index contributed by atoms with van der Waals surface area (Å²) >= 11 is 7.80. The van der Waals surface area contributed by atoms with Gasteiger partial charge in [-0.05, 0) is 55.9 Å². The molecule has 32 heavy (non-hydrogen) atoms. The maximum Gasteiger partial charge on any atom is 0.243 e. The maximum atomic E-state index is 13.9. The molecule has 2 aromatic heterocycles. The number of amides is 1. The number of benzene rings is 1. The van der Waals surface area contributed by atoms with Gasteiger partial charge in [0.2, 0.25) is 5.91 Å². The Labute approximate surface area is 198 Å². The fourth-order valence-corrected chi connectivity index (χ4v) is 6.47. The molecule has 5 nitrogen and oxygen atoms in total. The van der Waals surface area contributed by atoms with Crippen molar-refractivity contribution in [2.24, 2.45) is 5.92 Å². The van der Waals surface area contributed by atoms with Crippen molar-refractivity contribution in [3.8, 4) is 16.5 Å². The second-order valence-corrected chi connectivity index (χ2v) is 10.8. The zero-order valence-corrected chi connectivity index (χ0v) is 20.1. The molecule has 1 unspecified atom stereocenters. The van der Waals surface area contributed by atoms with Crippen LogP contribution in [0.1, 0.15) is 63.8 Å². The lowest BCUT2D eigenvalue weighted by Gasteiger charge is -2.32. The van der Waals surface area contributed by atoms with E-state index in [1.54, 1.807) is 7.11 Å². The molecule has 0 saturated heterocycles. The van der Waals surface area contributed by atoms with Crippen molar-refractivity contribution in [1.82, 2.24) is 14.9 Å². The molecule has 1 atom stereocenters. The molecule has 0 bridgehead atoms. The van der Waals surface area contributed by atoms with Crippen LogP contribution in [0.2, 0.25) is 4.34 Å². The van der Waals surface area contributed by atoms with Crippen molar-refractivity contribution in [1.29, 1.82) is 0 Å². The highest BCUT2D eigenvalue weighted by Gasteiger charge is 2.35. The van der Waals surface area contributed by atoms with Crippen LogP contribution in [0.4, 0.5) is 0 Å². The second-order valence-electron chi connectivity index (χ2n) is 9.10. The average molecular weight is 472 g/mol. The summed E-state index contributed by atoms with van der Waals surface area (Å²) in [6.45, 7) is 0. The molecule has 0 radical (unpaired) electrons. The van der Waals surface area contributed by atoms with E-state index in [0.29, 0.717) is 5.92 Å². The molecular formula is C25H30ClN3O2S. The number of nitrogens with one attached hydrogen (secondary N) is 1. The summed E-state index contributed by atoms with van der Waals surface area (Å²) in [7, 11) is 1.67. The first-order chi connectivity index (χ1) is 15.6. The molecule has 0 aliphatic heterocycles. The van der Waals surface area contributed by atoms with Gasteiger partial charge in [-0.2, -0.15) is 0 Å². The van der Waals surface area contributed by atoms with Crippen LogP contribution < -0.4 is 10.1 Å². The van der Waals surface area contributed by atoms with Crippen LogP contribution in [0, 0.1) is 5.92 Å². The standard InChI is InChI=1S/C25H30ClN3O2S/c1-31-18-11-12-19-20(15-18)29(24(28-19)21-13-14-22(26)32-21)23(16-7-3-2-4-8-16)25(30)27-17-9-5-6-10-17/h11-17,23H,2-10H2,1H3,(H,27,30). The van der Waals surface area contributed by atoms with Crippen molar-refractivity contribution in [3.63, 3.8) is 0 Å². The number of aromatic nitrogens is 2. The third-order valence-electron chi connectivity index (χ3n) is 7.03. The first-order valence-electron chi connectivity index (χ1n) is 11.8. The van der Waals surface area contributed by atoms with Gasteiger partial charge in [-0.1, -0.05) is 43.7 Å². The zero-order valence-electron chi connectivity index (χ0n) is 18.5. The number of imidazole rings is 1. The Morgan fingerprint density at radius 2 is 1.88 bits per heavy atom. The van der Waals surface area contributed by atoms with E-state index in [0.717, 1.165) is 57.5 Å². The Bertz CT molecular complexity index is 1100. The Balaban J connectivity index is 1.66. The summed E-state index contributed by atoms with van der Waals surface area (Å²) in [5, 5.41) is 3.40. The first kappa shape index (κ1) is 21.8. The van der Waals surface area contributed by atoms with E-state index in [4.69, 9.17) is 21.3 Å². The summed E-state index contributed by atoms with van der Waals surface area (Å²) in [4.78, 5) is 19.8. The van der Waals surface area contributed by atoms with Gasteiger partial charge >= 0.3 is 0 Å². The van der Waals surface area contributed by atoms with E-state index in [1.807, 2.05) is 30.3 Å². The number of rotatable bonds is 6. The molecule has 2 fully saturated rings. The summed E-state index contributed by atoms with van der Waals surface area (Å²) in [5.74, 6) is 2.02. The van der Waals surface area contributed by atoms with Crippen molar-refractivity contribution >= 4 is 39.9 Å². The van der Waals surface area contributed by atoms with E-state index in [-0.39, 0.29) is 18.0 Å². The summed E-state index contributed by atoms with van der Waals surface area (Å²) in [5.41, 5.74) is 1.82. The average Bonchev–Trinajstić information content (AvgIpc) is 3.55. The number of halogens is 1. The third kappa shape index (κ3) is 4.27. The molecule has 7 heteroatoms. The smallest absolute Gasteiger partial charge is 0.243 e. The van der Waals surface area contributed by atoms with Gasteiger partial charge in [0.1, 0.15) is 11.8 Å². The predicted octanol–water partition coefficient (Wildman–Crippen LogP) is 6.61. The number of fused-ring (bicyclic) bond motifs is 1. The number of hydrogen-bond acceptors (Lipinski definition) is 4. The van der Waals surface area contributed by atoms with Crippen LogP contribution in [0.3, 0.4) is 0 Å². The number of thiophene rings is 1. The third-order valence-corrected chi connectivity index (χ3v) is 8.26. The van der Waals surface area contributed by atoms with Gasteiger partial charge in [-0.3, -0.25) is 4.79 Å². The van der Waals surface area contributed by atoms with Gasteiger partial charge in [-0.15, -0.1) is 11.3 Å². The van der Waals surface area contributed by atoms with E-state index < -0.39 is 0 Å². The minimum atomic E-state index is -0.288. The summed E-state index contributed by atoms with van der Waals surface area (Å²) < 4.78 is 8.43. The second kappa shape index (κ2) is 9.44. The fraction of sp³-hybridized carbons (Fsp3) is 0.520. The molecule has 0 spiro atoms. The van der Waals surface area contributed by atoms with Crippen molar-refractivity contribution in [2.75, 3.05) is 7.11 Å². The summed E-state index contributed by atoms with van der Waals surface area (Å²) in [6.07, 6.45) is 10.3. The van der Waals surface area contributed by atoms with E-state index in [1.165, 1.54) is 43.4 Å². The molecule has 2 aliphatic carbocycles. The van der Waals surface area contributed by atoms with Gasteiger partial charge in [-0.25, -0.2) is 4.98 Å². The number of ether oxygens (including phenoxy) is 1. The zero-order chi connectivity index (χ0) is 22.1. The molecule has 170 valence electrons. The van der Waals surface area contributed by atoms with E-state index in [9.17, 15) is 4.79 Å². The van der Waals surface area contributed by atoms with Crippen LogP contribution in [0.15, 0.2) is 30.3 Å². The highest BCUT2D eigenvalue weighted by molar-refractivity contribution is 7.19. The molecule has 3 aromatic rings. The first-order valence-corrected chi connectivity index (χ1v) is 13.0. The lowest BCUT2D eigenvalue weighted by atomic mass is 9.83. The Morgan fingerprint density at radius 1 is 1.12 bits per heavy atom. The minimum Gasteiger partial charge on any atom is -0.497 e. The van der Waals surface area contributed by atoms with Crippen LogP contribution in [0.5, 0.6) is 5.75 Å². The van der Waals surface area contributed by atoms with E-state index >= 15 is 0 Å². The lowest BCUT2D eigenvalue weighted by Crippen LogP contribution is -2.42. The number of carbonyl (C=O) groups is 1. The topological polar surface area (TPSA) is 56.2 Å². The monoisotopic (exact) mass is 471 g/mol. The van der Waals surface area contributed by atoms with Crippen molar-refractivity contribution < 1.29 is 9.53 Å². The summed E-state index contributed by atoms with van der Waals surface area (Å²) in [6, 6.07) is 9.84. The molecular weight excluding hydrogens is 442 g/mol. The molecule has 2 saturated carbocycles. The van der Waals surface area contributed by atoms with Gasteiger partial charge < -0.3 is 14.6 Å². The maximum absolute atomic E-state index is 13.9. The SMILES string of the molecule is COc1ccc2nc(-c3ccc(Cl)s3)n(C(C(=O)NC3CCCC3)C3CCCCC3)c2c1. The normalized spacial score (nSPS) is 18.8. The number of methoxy groups -OCH3 is 1. The Morgan fingerprint density at radius 3 is 2.56 bits per heavy atom. The van der Waals surface area contributed by atoms with Gasteiger partial charge in [0.25, 0.3) is 0 Å². The predicted molar refractivity (Wildman–Crippen MR) is 131 cm³/mol. The minimum absolute atomic E-state index is 0.134. The van der Waals surface area contributed by atoms with Gasteiger partial charge in [0.15, 0.2) is 5.82 Å². The van der Waals surface area contributed by atoms with Gasteiger partial charge in [0, 0.05) is 12.1 Å². The molecule has 5 rings (SSSR count). The molecule has 1 aromatic carbocycles. The number of nitrogens with zero attached hydrogens (tertiary/aromatic N) is 2. The van der Waals surface area contributed by atoms with E-state index in [2.05, 4.69) is 9.88 Å². The number of hydrogen-bond donors (Lipinski definition) is 1. The van der Waals surface area contributed by atoms with Crippen LogP contribution in [0.25, 0.3) is 21.7 Å². The van der Waals surface area contributed by atoms with Gasteiger partial charge in [0.05, 0.1) is 27.4 Å². The molecule has 1 amide bonds. The van der Waals surface area contributed by atoms with Crippen molar-refractivity contribution in [2.45, 2.75) is 69.9 Å². The Kier molecular flexibility index (Phi) is 6.42. The van der Waals surface area contributed by atoms with Crippen LogP contribution >= 0.6 is 22.9 Å². The quantitative estimate of drug-likeness (QED) is 0.440. The Hall–Kier alpha value is -2.05. The van der Waals surface area contributed by atoms with Crippen molar-refractivity contribution in [3.05, 3.63) is 34.7 Å². The lowest BCUT2D eigenvalue weighted by molar-refractivity contribution is -0.126. The fourth-order valence-electron chi connectivity index (χ4n) is 5.44. The van der Waals surface area contributed by atoms with Crippen LogP contribution in [-0.4, -0.2) is 28.6 Å². The highest BCUT2D eigenvalue weighted by atomic mass is 35.5. The molecule has 1 N–H and O–H groups in total. The molecule has 2 heterocycles. The largest absolute Gasteiger partial charge is 0.497 e. The molecule has 2 aliphatic rings. The highest BCUT2D eigenvalue weighted by Crippen LogP contribution is 2.41.